The van der Waals surface area contributed by atoms with Gasteiger partial charge in [-0.25, -0.2) is 9.78 Å². The number of carbonyl (C=O) groups excluding carboxylic acids is 2. The van der Waals surface area contributed by atoms with Gasteiger partial charge in [0, 0.05) is 46.2 Å². The van der Waals surface area contributed by atoms with Crippen LogP contribution < -0.4 is 0 Å². The molecule has 138 valence electrons. The maximum atomic E-state index is 12.7. The molecule has 3 fully saturated rings. The van der Waals surface area contributed by atoms with Crippen LogP contribution in [0.5, 0.6) is 0 Å². The number of rotatable bonds is 4. The fourth-order valence-corrected chi connectivity index (χ4v) is 4.24. The smallest absolute Gasteiger partial charge is 0.319 e. The number of amides is 3. The molecule has 1 aromatic heterocycles. The van der Waals surface area contributed by atoms with Gasteiger partial charge in [0.05, 0.1) is 5.75 Å². The van der Waals surface area contributed by atoms with E-state index in [1.807, 2.05) is 16.7 Å². The number of hydrogen-bond acceptors (Lipinski definition) is 5. The molecule has 9 heteroatoms. The molecule has 0 aromatic carbocycles. The number of fused-ring (bicyclic) bond motifs is 4. The number of aryl methyl sites for hydroxylation is 1. The molecule has 0 radical (unpaired) electrons. The zero-order valence-electron chi connectivity index (χ0n) is 15.1. The molecule has 0 unspecified atom stereocenters. The van der Waals surface area contributed by atoms with Crippen molar-refractivity contribution in [1.82, 2.24) is 29.9 Å². The first-order chi connectivity index (χ1) is 12.0. The lowest BCUT2D eigenvalue weighted by Crippen LogP contribution is -2.49. The third-order valence-electron chi connectivity index (χ3n) is 4.86. The molecule has 0 spiro atoms. The minimum Gasteiger partial charge on any atom is -0.337 e. The zero-order valence-corrected chi connectivity index (χ0v) is 15.9. The number of aromatic nitrogens is 3. The fraction of sp³-hybridized carbons (Fsp3) is 0.750. The van der Waals surface area contributed by atoms with Crippen molar-refractivity contribution in [3.8, 4) is 0 Å². The number of nitrogens with one attached hydrogen (secondary N) is 1. The summed E-state index contributed by atoms with van der Waals surface area (Å²) < 4.78 is 0. The van der Waals surface area contributed by atoms with Crippen molar-refractivity contribution in [2.45, 2.75) is 37.4 Å². The average molecular weight is 366 g/mol. The molecule has 3 saturated heterocycles. The predicted octanol–water partition coefficient (Wildman–Crippen LogP) is 1.06. The van der Waals surface area contributed by atoms with Crippen LogP contribution >= 0.6 is 11.8 Å². The van der Waals surface area contributed by atoms with Gasteiger partial charge in [0.25, 0.3) is 0 Å². The van der Waals surface area contributed by atoms with Crippen molar-refractivity contribution in [2.75, 3.05) is 39.5 Å². The van der Waals surface area contributed by atoms with E-state index in [2.05, 4.69) is 15.2 Å². The van der Waals surface area contributed by atoms with Gasteiger partial charge in [0.1, 0.15) is 5.82 Å². The van der Waals surface area contributed by atoms with Gasteiger partial charge in [0.15, 0.2) is 0 Å². The molecular formula is C16H26N6O2S. The molecule has 2 bridgehead atoms. The van der Waals surface area contributed by atoms with E-state index in [1.54, 1.807) is 19.0 Å². The van der Waals surface area contributed by atoms with E-state index in [1.165, 1.54) is 11.8 Å². The second-order valence-electron chi connectivity index (χ2n) is 6.93. The zero-order chi connectivity index (χ0) is 18.0. The summed E-state index contributed by atoms with van der Waals surface area (Å²) in [4.78, 5) is 34.8. The Kier molecular flexibility index (Phi) is 5.51. The minimum atomic E-state index is 0.0355. The monoisotopic (exact) mass is 366 g/mol. The Morgan fingerprint density at radius 1 is 1.28 bits per heavy atom. The molecular weight excluding hydrogens is 340 g/mol. The van der Waals surface area contributed by atoms with Crippen LogP contribution in [-0.2, 0) is 11.2 Å². The summed E-state index contributed by atoms with van der Waals surface area (Å²) >= 11 is 1.37. The van der Waals surface area contributed by atoms with E-state index >= 15 is 0 Å². The Bertz CT molecular complexity index is 634. The number of H-pyrrole nitrogens is 1. The number of piperidine rings is 1. The van der Waals surface area contributed by atoms with Crippen LogP contribution in [0.15, 0.2) is 5.16 Å². The van der Waals surface area contributed by atoms with Crippen LogP contribution in [-0.4, -0.2) is 87.3 Å². The number of hydrogen-bond donors (Lipinski definition) is 1. The number of urea groups is 1. The van der Waals surface area contributed by atoms with Gasteiger partial charge in [0.2, 0.25) is 11.1 Å². The molecule has 0 saturated carbocycles. The largest absolute Gasteiger partial charge is 0.337 e. The van der Waals surface area contributed by atoms with Crippen molar-refractivity contribution in [2.24, 2.45) is 5.92 Å². The van der Waals surface area contributed by atoms with E-state index in [9.17, 15) is 9.59 Å². The van der Waals surface area contributed by atoms with E-state index in [-0.39, 0.29) is 18.0 Å². The quantitative estimate of drug-likeness (QED) is 0.806. The normalized spacial score (nSPS) is 22.8. The second kappa shape index (κ2) is 7.63. The van der Waals surface area contributed by atoms with Gasteiger partial charge in [-0.15, -0.1) is 5.10 Å². The molecule has 0 aliphatic carbocycles. The second-order valence-corrected chi connectivity index (χ2v) is 7.87. The minimum absolute atomic E-state index is 0.0355. The van der Waals surface area contributed by atoms with Crippen LogP contribution in [0.4, 0.5) is 4.79 Å². The summed E-state index contributed by atoms with van der Waals surface area (Å²) in [6.45, 7) is 4.13. The van der Waals surface area contributed by atoms with Gasteiger partial charge >= 0.3 is 6.03 Å². The maximum absolute atomic E-state index is 12.7. The summed E-state index contributed by atoms with van der Waals surface area (Å²) in [6.07, 6.45) is 2.85. The highest BCUT2D eigenvalue weighted by Crippen LogP contribution is 2.29. The van der Waals surface area contributed by atoms with Crippen molar-refractivity contribution >= 4 is 23.7 Å². The lowest BCUT2D eigenvalue weighted by Gasteiger charge is -2.36. The Morgan fingerprint density at radius 2 is 2.08 bits per heavy atom. The summed E-state index contributed by atoms with van der Waals surface area (Å²) in [5, 5.41) is 7.61. The van der Waals surface area contributed by atoms with Crippen molar-refractivity contribution < 1.29 is 9.59 Å². The van der Waals surface area contributed by atoms with Gasteiger partial charge in [-0.3, -0.25) is 9.89 Å². The van der Waals surface area contributed by atoms with Gasteiger partial charge in [-0.05, 0) is 18.8 Å². The van der Waals surface area contributed by atoms with E-state index in [0.29, 0.717) is 23.4 Å². The summed E-state index contributed by atoms with van der Waals surface area (Å²) in [7, 11) is 3.55. The first-order valence-electron chi connectivity index (χ1n) is 8.77. The average Bonchev–Trinajstić information content (AvgIpc) is 2.87. The lowest BCUT2D eigenvalue weighted by atomic mass is 9.95. The highest BCUT2D eigenvalue weighted by molar-refractivity contribution is 7.99. The van der Waals surface area contributed by atoms with Crippen LogP contribution in [0.2, 0.25) is 0 Å². The van der Waals surface area contributed by atoms with Crippen molar-refractivity contribution in [1.29, 1.82) is 0 Å². The highest BCUT2D eigenvalue weighted by atomic mass is 32.2. The third kappa shape index (κ3) is 4.08. The number of carbonyl (C=O) groups is 2. The first kappa shape index (κ1) is 18.0. The Labute approximate surface area is 152 Å². The number of aromatic amines is 1. The van der Waals surface area contributed by atoms with Gasteiger partial charge in [-0.2, -0.15) is 0 Å². The standard InChI is InChI=1S/C16H26N6O2S/c1-4-13-17-15(19-18-13)25-10-14(23)22-8-11-5-6-12(22)9-21(7-11)16(24)20(2)3/h11-12H,4-10H2,1-3H3,(H,17,18,19)/t11-,12+/m0/s1. The Balaban J connectivity index is 1.60. The van der Waals surface area contributed by atoms with Crippen LogP contribution in [0.3, 0.4) is 0 Å². The Morgan fingerprint density at radius 3 is 2.76 bits per heavy atom. The molecule has 1 N–H and O–H groups in total. The number of thioether (sulfide) groups is 1. The molecule has 3 aliphatic heterocycles. The Hall–Kier alpha value is -1.77. The topological polar surface area (TPSA) is 85.4 Å². The van der Waals surface area contributed by atoms with E-state index in [0.717, 1.165) is 38.2 Å². The van der Waals surface area contributed by atoms with Crippen LogP contribution in [0, 0.1) is 5.92 Å². The molecule has 4 heterocycles. The molecule has 2 atom stereocenters. The van der Waals surface area contributed by atoms with Crippen LogP contribution in [0.1, 0.15) is 25.6 Å². The SMILES string of the molecule is CCc1nc(SCC(=O)N2C[C@H]3CC[C@@H]2CN(C(=O)N(C)C)C3)n[nH]1. The summed E-state index contributed by atoms with van der Waals surface area (Å²) in [6, 6.07) is 0.155. The number of nitrogens with zero attached hydrogens (tertiary/aromatic N) is 5. The van der Waals surface area contributed by atoms with Crippen molar-refractivity contribution in [3.05, 3.63) is 5.82 Å². The lowest BCUT2D eigenvalue weighted by molar-refractivity contribution is -0.132. The van der Waals surface area contributed by atoms with Crippen LogP contribution in [0.25, 0.3) is 0 Å². The molecule has 25 heavy (non-hydrogen) atoms. The van der Waals surface area contributed by atoms with Gasteiger partial charge in [-0.1, -0.05) is 18.7 Å². The summed E-state index contributed by atoms with van der Waals surface area (Å²) in [5.41, 5.74) is 0. The molecule has 1 aromatic rings. The maximum Gasteiger partial charge on any atom is 0.319 e. The molecule has 3 amide bonds. The molecule has 4 rings (SSSR count). The molecule has 8 nitrogen and oxygen atoms in total. The third-order valence-corrected chi connectivity index (χ3v) is 5.69. The van der Waals surface area contributed by atoms with E-state index in [4.69, 9.17) is 0 Å². The highest BCUT2D eigenvalue weighted by Gasteiger charge is 2.38. The summed E-state index contributed by atoms with van der Waals surface area (Å²) in [5.74, 6) is 1.65. The first-order valence-corrected chi connectivity index (χ1v) is 9.76. The van der Waals surface area contributed by atoms with Crippen molar-refractivity contribution in [3.63, 3.8) is 0 Å². The predicted molar refractivity (Wildman–Crippen MR) is 95.4 cm³/mol. The molecule has 3 aliphatic rings. The fourth-order valence-electron chi connectivity index (χ4n) is 3.54. The van der Waals surface area contributed by atoms with E-state index < -0.39 is 0 Å². The van der Waals surface area contributed by atoms with Gasteiger partial charge < -0.3 is 14.7 Å².